The maximum atomic E-state index is 14.1. The molecule has 0 radical (unpaired) electrons. The van der Waals surface area contributed by atoms with Gasteiger partial charge in [0.1, 0.15) is 17.4 Å². The van der Waals surface area contributed by atoms with Crippen LogP contribution in [0.1, 0.15) is 35.7 Å². The Morgan fingerprint density at radius 1 is 1.14 bits per heavy atom. The van der Waals surface area contributed by atoms with Crippen LogP contribution in [0.15, 0.2) is 53.3 Å². The van der Waals surface area contributed by atoms with Crippen molar-refractivity contribution < 1.29 is 13.9 Å². The molecule has 2 aromatic carbocycles. The number of piperidine rings is 1. The third kappa shape index (κ3) is 4.91. The van der Waals surface area contributed by atoms with Crippen molar-refractivity contribution in [3.05, 3.63) is 81.7 Å². The van der Waals surface area contributed by atoms with E-state index in [1.165, 1.54) is 10.7 Å². The van der Waals surface area contributed by atoms with Gasteiger partial charge in [-0.25, -0.2) is 14.1 Å². The zero-order chi connectivity index (χ0) is 24.4. The third-order valence-corrected chi connectivity index (χ3v) is 6.29. The minimum atomic E-state index is -0.380. The fraction of sp³-hybridized carbons (Fsp3) is 0.320. The average Bonchev–Trinajstić information content (AvgIpc) is 3.28. The first-order valence-corrected chi connectivity index (χ1v) is 11.5. The third-order valence-electron chi connectivity index (χ3n) is 6.29. The van der Waals surface area contributed by atoms with Crippen LogP contribution < -0.4 is 10.3 Å². The van der Waals surface area contributed by atoms with E-state index in [0.29, 0.717) is 48.7 Å². The lowest BCUT2D eigenvalue weighted by molar-refractivity contribution is -0.134. The summed E-state index contributed by atoms with van der Waals surface area (Å²) in [7, 11) is 0. The quantitative estimate of drug-likeness (QED) is 0.459. The molecule has 9 nitrogen and oxygen atoms in total. The van der Waals surface area contributed by atoms with Crippen molar-refractivity contribution in [2.45, 2.75) is 32.2 Å². The highest BCUT2D eigenvalue weighted by molar-refractivity contribution is 5.78. The SMILES string of the molecule is Cc1ccc(OCC(=O)N2CCC(c3nc4c(nnn4Cc4ccccc4F)c(=O)[nH]3)CC2)cc1. The van der Waals surface area contributed by atoms with Crippen LogP contribution in [0, 0.1) is 12.7 Å². The summed E-state index contributed by atoms with van der Waals surface area (Å²) < 4.78 is 21.2. The normalized spacial score (nSPS) is 14.4. The van der Waals surface area contributed by atoms with Gasteiger partial charge in [0, 0.05) is 24.6 Å². The van der Waals surface area contributed by atoms with Gasteiger partial charge in [0.15, 0.2) is 17.8 Å². The molecule has 1 amide bonds. The second-order valence-corrected chi connectivity index (χ2v) is 8.72. The largest absolute Gasteiger partial charge is 0.484 e. The number of benzene rings is 2. The van der Waals surface area contributed by atoms with Gasteiger partial charge in [0.25, 0.3) is 11.5 Å². The maximum Gasteiger partial charge on any atom is 0.281 e. The lowest BCUT2D eigenvalue weighted by atomic mass is 9.96. The maximum absolute atomic E-state index is 14.1. The molecule has 4 aromatic rings. The second-order valence-electron chi connectivity index (χ2n) is 8.72. The standard InChI is InChI=1S/C25H25FN6O3/c1-16-6-8-19(9-7-16)35-15-21(33)31-12-10-17(11-13-31)23-27-24-22(25(34)28-23)29-30-32(24)14-18-4-2-3-5-20(18)26/h2-9,17H,10-15H2,1H3,(H,27,28,34). The van der Waals surface area contributed by atoms with Crippen LogP contribution in [0.3, 0.4) is 0 Å². The number of nitrogens with one attached hydrogen (secondary N) is 1. The molecule has 5 rings (SSSR count). The van der Waals surface area contributed by atoms with Crippen molar-refractivity contribution in [3.8, 4) is 5.75 Å². The van der Waals surface area contributed by atoms with Gasteiger partial charge in [-0.15, -0.1) is 5.10 Å². The number of likely N-dealkylation sites (tertiary alicyclic amines) is 1. The Hall–Kier alpha value is -4.08. The number of hydrogen-bond acceptors (Lipinski definition) is 6. The van der Waals surface area contributed by atoms with Gasteiger partial charge in [-0.1, -0.05) is 41.1 Å². The van der Waals surface area contributed by atoms with Gasteiger partial charge in [-0.3, -0.25) is 9.59 Å². The molecule has 1 aliphatic rings. The number of nitrogens with zero attached hydrogens (tertiary/aromatic N) is 5. The summed E-state index contributed by atoms with van der Waals surface area (Å²) >= 11 is 0. The summed E-state index contributed by atoms with van der Waals surface area (Å²) in [5.74, 6) is 0.737. The molecule has 2 aromatic heterocycles. The van der Waals surface area contributed by atoms with Crippen LogP contribution in [0.4, 0.5) is 4.39 Å². The first-order chi connectivity index (χ1) is 17.0. The lowest BCUT2D eigenvalue weighted by Gasteiger charge is -2.31. The van der Waals surface area contributed by atoms with Crippen molar-refractivity contribution in [1.82, 2.24) is 29.9 Å². The number of H-pyrrole nitrogens is 1. The van der Waals surface area contributed by atoms with Gasteiger partial charge >= 0.3 is 0 Å². The topological polar surface area (TPSA) is 106 Å². The molecule has 1 N–H and O–H groups in total. The van der Waals surface area contributed by atoms with Crippen molar-refractivity contribution in [2.75, 3.05) is 19.7 Å². The van der Waals surface area contributed by atoms with E-state index in [1.807, 2.05) is 31.2 Å². The van der Waals surface area contributed by atoms with E-state index in [1.54, 1.807) is 23.1 Å². The van der Waals surface area contributed by atoms with E-state index in [0.717, 1.165) is 5.56 Å². The van der Waals surface area contributed by atoms with Crippen LogP contribution >= 0.6 is 0 Å². The number of amides is 1. The van der Waals surface area contributed by atoms with Gasteiger partial charge in [-0.2, -0.15) is 0 Å². The highest BCUT2D eigenvalue weighted by Crippen LogP contribution is 2.26. The number of aryl methyl sites for hydroxylation is 1. The minimum absolute atomic E-state index is 0.0182. The number of carbonyl (C=O) groups is 1. The first-order valence-electron chi connectivity index (χ1n) is 11.5. The number of rotatable bonds is 6. The summed E-state index contributed by atoms with van der Waals surface area (Å²) in [6.07, 6.45) is 1.30. The van der Waals surface area contributed by atoms with Gasteiger partial charge in [0.2, 0.25) is 0 Å². The Morgan fingerprint density at radius 3 is 2.63 bits per heavy atom. The monoisotopic (exact) mass is 476 g/mol. The van der Waals surface area contributed by atoms with E-state index in [9.17, 15) is 14.0 Å². The van der Waals surface area contributed by atoms with Crippen LogP contribution in [0.5, 0.6) is 5.75 Å². The van der Waals surface area contributed by atoms with Crippen molar-refractivity contribution in [1.29, 1.82) is 0 Å². The van der Waals surface area contributed by atoms with Crippen LogP contribution in [0.25, 0.3) is 11.2 Å². The minimum Gasteiger partial charge on any atom is -0.484 e. The molecule has 1 aliphatic heterocycles. The van der Waals surface area contributed by atoms with Crippen molar-refractivity contribution in [2.24, 2.45) is 0 Å². The van der Waals surface area contributed by atoms with E-state index in [4.69, 9.17) is 4.74 Å². The molecule has 1 fully saturated rings. The zero-order valence-corrected chi connectivity index (χ0v) is 19.3. The van der Waals surface area contributed by atoms with Crippen molar-refractivity contribution in [3.63, 3.8) is 0 Å². The number of ether oxygens (including phenoxy) is 1. The zero-order valence-electron chi connectivity index (χ0n) is 19.3. The summed E-state index contributed by atoms with van der Waals surface area (Å²) in [6, 6.07) is 14.0. The Balaban J connectivity index is 1.25. The molecule has 3 heterocycles. The number of fused-ring (bicyclic) bond motifs is 1. The van der Waals surface area contributed by atoms with Gasteiger partial charge in [0.05, 0.1) is 6.54 Å². The molecule has 1 saturated heterocycles. The van der Waals surface area contributed by atoms with Crippen LogP contribution in [0.2, 0.25) is 0 Å². The molecular formula is C25H25FN6O3. The molecular weight excluding hydrogens is 451 g/mol. The fourth-order valence-corrected chi connectivity index (χ4v) is 4.24. The first kappa shape index (κ1) is 22.7. The average molecular weight is 477 g/mol. The Labute approximate surface area is 200 Å². The highest BCUT2D eigenvalue weighted by atomic mass is 19.1. The Bertz CT molecular complexity index is 1410. The molecule has 35 heavy (non-hydrogen) atoms. The molecule has 0 unspecified atom stereocenters. The molecule has 0 spiro atoms. The van der Waals surface area contributed by atoms with E-state index in [-0.39, 0.29) is 41.9 Å². The number of hydrogen-bond donors (Lipinski definition) is 1. The summed E-state index contributed by atoms with van der Waals surface area (Å²) in [6.45, 7) is 3.17. The fourth-order valence-electron chi connectivity index (χ4n) is 4.24. The number of aromatic nitrogens is 5. The van der Waals surface area contributed by atoms with Crippen LogP contribution in [-0.4, -0.2) is 55.5 Å². The van der Waals surface area contributed by atoms with Crippen molar-refractivity contribution >= 4 is 17.1 Å². The molecule has 0 atom stereocenters. The predicted octanol–water partition coefficient (Wildman–Crippen LogP) is 2.80. The molecule has 0 saturated carbocycles. The molecule has 180 valence electrons. The number of carbonyl (C=O) groups excluding carboxylic acids is 1. The number of halogens is 1. The van der Waals surface area contributed by atoms with Crippen LogP contribution in [-0.2, 0) is 11.3 Å². The highest BCUT2D eigenvalue weighted by Gasteiger charge is 2.26. The summed E-state index contributed by atoms with van der Waals surface area (Å²) in [5.41, 5.74) is 1.61. The predicted molar refractivity (Wildman–Crippen MR) is 127 cm³/mol. The number of aromatic amines is 1. The van der Waals surface area contributed by atoms with Gasteiger partial charge < -0.3 is 14.6 Å². The molecule has 0 bridgehead atoms. The smallest absolute Gasteiger partial charge is 0.281 e. The lowest BCUT2D eigenvalue weighted by Crippen LogP contribution is -2.41. The summed E-state index contributed by atoms with van der Waals surface area (Å²) in [5, 5.41) is 7.95. The Kier molecular flexibility index (Phi) is 6.26. The molecule has 0 aliphatic carbocycles. The second kappa shape index (κ2) is 9.65. The van der Waals surface area contributed by atoms with E-state index >= 15 is 0 Å². The van der Waals surface area contributed by atoms with E-state index in [2.05, 4.69) is 20.3 Å². The van der Waals surface area contributed by atoms with Gasteiger partial charge in [-0.05, 0) is 38.0 Å². The van der Waals surface area contributed by atoms with E-state index < -0.39 is 0 Å². The Morgan fingerprint density at radius 2 is 1.89 bits per heavy atom. The molecule has 10 heteroatoms. The summed E-state index contributed by atoms with van der Waals surface area (Å²) in [4.78, 5) is 34.4.